The molecule has 0 saturated heterocycles. The number of hydrogen-bond acceptors (Lipinski definition) is 2. The van der Waals surface area contributed by atoms with Gasteiger partial charge in [0, 0.05) is 3.57 Å². The number of carbonyl (C=O) groups is 1. The van der Waals surface area contributed by atoms with Crippen LogP contribution in [0.2, 0.25) is 0 Å². The first-order valence-corrected chi connectivity index (χ1v) is 5.22. The molecule has 1 amide bonds. The lowest BCUT2D eigenvalue weighted by Gasteiger charge is -2.06. The normalized spacial score (nSPS) is 9.73. The molecule has 0 aliphatic carbocycles. The van der Waals surface area contributed by atoms with Crippen molar-refractivity contribution in [2.24, 2.45) is 0 Å². The van der Waals surface area contributed by atoms with Crippen LogP contribution in [0.5, 0.6) is 5.75 Å². The van der Waals surface area contributed by atoms with E-state index in [-0.39, 0.29) is 18.9 Å². The van der Waals surface area contributed by atoms with Crippen molar-refractivity contribution in [3.8, 4) is 5.75 Å². The number of nitrogens with one attached hydrogen (secondary N) is 1. The van der Waals surface area contributed by atoms with Crippen molar-refractivity contribution in [2.45, 2.75) is 0 Å². The fraction of sp³-hybridized carbons (Fsp3) is 0.222. The Morgan fingerprint density at radius 1 is 1.60 bits per heavy atom. The number of benzene rings is 1. The molecular weight excluding hydrogens is 316 g/mol. The Kier molecular flexibility index (Phi) is 4.60. The maximum atomic E-state index is 13.2. The summed E-state index contributed by atoms with van der Waals surface area (Å²) in [5.74, 6) is -0.320. The number of amides is 1. The van der Waals surface area contributed by atoms with Crippen LogP contribution in [-0.2, 0) is 0 Å². The Hall–Kier alpha value is -1.05. The van der Waals surface area contributed by atoms with Gasteiger partial charge in [-0.3, -0.25) is 0 Å². The molecule has 0 bridgehead atoms. The highest BCUT2D eigenvalue weighted by atomic mass is 127. The first-order chi connectivity index (χ1) is 7.09. The van der Waals surface area contributed by atoms with E-state index in [0.717, 1.165) is 3.57 Å². The van der Waals surface area contributed by atoms with Crippen molar-refractivity contribution < 1.29 is 19.0 Å². The maximum absolute atomic E-state index is 13.2. The third-order valence-corrected chi connectivity index (χ3v) is 2.20. The SMILES string of the molecule is O=C(O)NCCOc1ccc(I)cc1F. The van der Waals surface area contributed by atoms with Gasteiger partial charge in [0.2, 0.25) is 0 Å². The van der Waals surface area contributed by atoms with Gasteiger partial charge in [0.1, 0.15) is 6.61 Å². The van der Waals surface area contributed by atoms with Crippen molar-refractivity contribution in [3.05, 3.63) is 27.6 Å². The van der Waals surface area contributed by atoms with Crippen LogP contribution >= 0.6 is 22.6 Å². The molecule has 0 fully saturated rings. The third-order valence-electron chi connectivity index (χ3n) is 1.53. The van der Waals surface area contributed by atoms with E-state index in [1.807, 2.05) is 22.6 Å². The van der Waals surface area contributed by atoms with Crippen molar-refractivity contribution in [2.75, 3.05) is 13.2 Å². The predicted molar refractivity (Wildman–Crippen MR) is 60.6 cm³/mol. The van der Waals surface area contributed by atoms with E-state index in [4.69, 9.17) is 9.84 Å². The third kappa shape index (κ3) is 4.32. The average molecular weight is 325 g/mol. The Morgan fingerprint density at radius 2 is 2.33 bits per heavy atom. The van der Waals surface area contributed by atoms with Crippen LogP contribution in [0.4, 0.5) is 9.18 Å². The van der Waals surface area contributed by atoms with Crippen LogP contribution in [-0.4, -0.2) is 24.4 Å². The molecule has 0 aliphatic heterocycles. The van der Waals surface area contributed by atoms with Gasteiger partial charge in [-0.1, -0.05) is 0 Å². The van der Waals surface area contributed by atoms with Crippen LogP contribution in [0.25, 0.3) is 0 Å². The van der Waals surface area contributed by atoms with Crippen LogP contribution in [0.1, 0.15) is 0 Å². The van der Waals surface area contributed by atoms with E-state index in [2.05, 4.69) is 5.32 Å². The molecule has 1 aromatic rings. The smallest absolute Gasteiger partial charge is 0.404 e. The van der Waals surface area contributed by atoms with Gasteiger partial charge in [-0.05, 0) is 40.8 Å². The summed E-state index contributed by atoms with van der Waals surface area (Å²) >= 11 is 1.99. The van der Waals surface area contributed by atoms with Gasteiger partial charge in [-0.15, -0.1) is 0 Å². The fourth-order valence-electron chi connectivity index (χ4n) is 0.911. The lowest BCUT2D eigenvalue weighted by molar-refractivity contribution is 0.191. The summed E-state index contributed by atoms with van der Waals surface area (Å²) in [4.78, 5) is 10.1. The molecule has 2 N–H and O–H groups in total. The second-order valence-electron chi connectivity index (χ2n) is 2.66. The van der Waals surface area contributed by atoms with Crippen molar-refractivity contribution >= 4 is 28.7 Å². The Balaban J connectivity index is 2.40. The predicted octanol–water partition coefficient (Wildman–Crippen LogP) is 2.08. The highest BCUT2D eigenvalue weighted by Crippen LogP contribution is 2.18. The van der Waals surface area contributed by atoms with Gasteiger partial charge in [-0.2, -0.15) is 0 Å². The molecule has 0 radical (unpaired) electrons. The minimum Gasteiger partial charge on any atom is -0.489 e. The van der Waals surface area contributed by atoms with Crippen LogP contribution in [0, 0.1) is 9.39 Å². The van der Waals surface area contributed by atoms with E-state index < -0.39 is 11.9 Å². The molecule has 0 spiro atoms. The van der Waals surface area contributed by atoms with Crippen LogP contribution in [0.3, 0.4) is 0 Å². The molecule has 82 valence electrons. The van der Waals surface area contributed by atoms with Gasteiger partial charge in [0.05, 0.1) is 6.54 Å². The molecular formula is C9H9FINO3. The van der Waals surface area contributed by atoms with Crippen molar-refractivity contribution in [1.29, 1.82) is 0 Å². The minimum atomic E-state index is -1.12. The molecule has 0 heterocycles. The summed E-state index contributed by atoms with van der Waals surface area (Å²) < 4.78 is 19.0. The van der Waals surface area contributed by atoms with E-state index in [0.29, 0.717) is 0 Å². The number of ether oxygens (including phenoxy) is 1. The van der Waals surface area contributed by atoms with E-state index in [1.165, 1.54) is 12.1 Å². The molecule has 0 atom stereocenters. The molecule has 0 aromatic heterocycles. The molecule has 0 saturated carbocycles. The number of carboxylic acid groups (broad SMARTS) is 1. The summed E-state index contributed by atoms with van der Waals surface area (Å²) in [6.07, 6.45) is -1.12. The highest BCUT2D eigenvalue weighted by molar-refractivity contribution is 14.1. The first kappa shape index (κ1) is 12.0. The first-order valence-electron chi connectivity index (χ1n) is 4.14. The van der Waals surface area contributed by atoms with Gasteiger partial charge < -0.3 is 15.2 Å². The van der Waals surface area contributed by atoms with E-state index in [1.54, 1.807) is 6.07 Å². The average Bonchev–Trinajstić information content (AvgIpc) is 2.14. The molecule has 1 rings (SSSR count). The molecule has 6 heteroatoms. The van der Waals surface area contributed by atoms with E-state index >= 15 is 0 Å². The van der Waals surface area contributed by atoms with Gasteiger partial charge in [-0.25, -0.2) is 9.18 Å². The Bertz CT molecular complexity index is 359. The molecule has 1 aromatic carbocycles. The Morgan fingerprint density at radius 3 is 2.93 bits per heavy atom. The summed E-state index contributed by atoms with van der Waals surface area (Å²) in [5.41, 5.74) is 0. The largest absolute Gasteiger partial charge is 0.489 e. The molecule has 0 aliphatic rings. The topological polar surface area (TPSA) is 58.6 Å². The highest BCUT2D eigenvalue weighted by Gasteiger charge is 2.03. The van der Waals surface area contributed by atoms with Crippen molar-refractivity contribution in [3.63, 3.8) is 0 Å². The summed E-state index contributed by atoms with van der Waals surface area (Å²) in [6.45, 7) is 0.227. The lowest BCUT2D eigenvalue weighted by atomic mass is 10.3. The summed E-state index contributed by atoms with van der Waals surface area (Å²) in [5, 5.41) is 10.4. The number of hydrogen-bond donors (Lipinski definition) is 2. The Labute approximate surface area is 99.6 Å². The monoisotopic (exact) mass is 325 g/mol. The lowest BCUT2D eigenvalue weighted by Crippen LogP contribution is -2.26. The van der Waals surface area contributed by atoms with Gasteiger partial charge in [0.25, 0.3) is 0 Å². The van der Waals surface area contributed by atoms with Gasteiger partial charge in [0.15, 0.2) is 11.6 Å². The zero-order chi connectivity index (χ0) is 11.3. The zero-order valence-corrected chi connectivity index (χ0v) is 9.82. The van der Waals surface area contributed by atoms with Crippen molar-refractivity contribution in [1.82, 2.24) is 5.32 Å². The van der Waals surface area contributed by atoms with E-state index in [9.17, 15) is 9.18 Å². The number of rotatable bonds is 4. The molecule has 0 unspecified atom stereocenters. The molecule has 15 heavy (non-hydrogen) atoms. The molecule has 4 nitrogen and oxygen atoms in total. The summed E-state index contributed by atoms with van der Waals surface area (Å²) in [6, 6.07) is 4.57. The fourth-order valence-corrected chi connectivity index (χ4v) is 1.36. The number of halogens is 2. The van der Waals surface area contributed by atoms with Gasteiger partial charge >= 0.3 is 6.09 Å². The van der Waals surface area contributed by atoms with Crippen LogP contribution in [0.15, 0.2) is 18.2 Å². The van der Waals surface area contributed by atoms with Crippen LogP contribution < -0.4 is 10.1 Å². The second-order valence-corrected chi connectivity index (χ2v) is 3.90. The standard InChI is InChI=1S/C9H9FINO3/c10-7-5-6(11)1-2-8(7)15-4-3-12-9(13)14/h1-2,5,12H,3-4H2,(H,13,14). The quantitative estimate of drug-likeness (QED) is 0.658. The minimum absolute atomic E-state index is 0.101. The second kappa shape index (κ2) is 5.74. The maximum Gasteiger partial charge on any atom is 0.404 e. The summed E-state index contributed by atoms with van der Waals surface area (Å²) in [7, 11) is 0. The zero-order valence-electron chi connectivity index (χ0n) is 7.67.